The second kappa shape index (κ2) is 7.14. The lowest BCUT2D eigenvalue weighted by Crippen LogP contribution is -2.19. The molecule has 2 rings (SSSR count). The van der Waals surface area contributed by atoms with Crippen LogP contribution in [0.4, 0.5) is 0 Å². The van der Waals surface area contributed by atoms with Crippen LogP contribution in [0.1, 0.15) is 29.7 Å². The third-order valence-corrected chi connectivity index (χ3v) is 3.51. The molecule has 1 atom stereocenters. The number of hydrogen-bond donors (Lipinski definition) is 1. The van der Waals surface area contributed by atoms with Crippen molar-refractivity contribution >= 4 is 0 Å². The molecule has 0 fully saturated rings. The molecule has 0 saturated heterocycles. The Hall–Kier alpha value is -2.00. The van der Waals surface area contributed by atoms with Crippen LogP contribution in [0.25, 0.3) is 0 Å². The van der Waals surface area contributed by atoms with E-state index in [4.69, 9.17) is 15.2 Å². The van der Waals surface area contributed by atoms with E-state index in [-0.39, 0.29) is 6.04 Å². The van der Waals surface area contributed by atoms with Crippen molar-refractivity contribution in [2.45, 2.75) is 26.8 Å². The number of ether oxygens (including phenoxy) is 2. The lowest BCUT2D eigenvalue weighted by molar-refractivity contribution is 0.286. The van der Waals surface area contributed by atoms with Gasteiger partial charge in [0.15, 0.2) is 0 Å². The van der Waals surface area contributed by atoms with Crippen molar-refractivity contribution in [3.63, 3.8) is 0 Å². The minimum absolute atomic E-state index is 0.139. The SMILES string of the molecule is CCOc1cccc(OCC(N)c2ccc(C)c(C)c2)c1. The Morgan fingerprint density at radius 3 is 2.33 bits per heavy atom. The molecule has 0 amide bonds. The van der Waals surface area contributed by atoms with Crippen LogP contribution >= 0.6 is 0 Å². The minimum atomic E-state index is -0.139. The maximum absolute atomic E-state index is 6.20. The van der Waals surface area contributed by atoms with Crippen molar-refractivity contribution in [1.82, 2.24) is 0 Å². The first-order valence-electron chi connectivity index (χ1n) is 7.28. The summed E-state index contributed by atoms with van der Waals surface area (Å²) in [4.78, 5) is 0. The van der Waals surface area contributed by atoms with E-state index in [1.165, 1.54) is 11.1 Å². The molecule has 2 aromatic rings. The van der Waals surface area contributed by atoms with E-state index in [1.807, 2.05) is 31.2 Å². The van der Waals surface area contributed by atoms with Gasteiger partial charge in [0.25, 0.3) is 0 Å². The molecule has 0 heterocycles. The molecule has 3 heteroatoms. The highest BCUT2D eigenvalue weighted by Crippen LogP contribution is 2.21. The molecular formula is C18H23NO2. The van der Waals surface area contributed by atoms with E-state index >= 15 is 0 Å². The summed E-state index contributed by atoms with van der Waals surface area (Å²) in [5, 5.41) is 0. The summed E-state index contributed by atoms with van der Waals surface area (Å²) >= 11 is 0. The molecule has 0 aliphatic rings. The van der Waals surface area contributed by atoms with Crippen molar-refractivity contribution in [2.75, 3.05) is 13.2 Å². The summed E-state index contributed by atoms with van der Waals surface area (Å²) in [5.74, 6) is 1.59. The third-order valence-electron chi connectivity index (χ3n) is 3.51. The van der Waals surface area contributed by atoms with E-state index in [1.54, 1.807) is 0 Å². The second-order valence-electron chi connectivity index (χ2n) is 5.17. The van der Waals surface area contributed by atoms with Crippen molar-refractivity contribution in [3.8, 4) is 11.5 Å². The second-order valence-corrected chi connectivity index (χ2v) is 5.17. The van der Waals surface area contributed by atoms with Crippen molar-refractivity contribution in [3.05, 3.63) is 59.2 Å². The molecule has 2 N–H and O–H groups in total. The predicted octanol–water partition coefficient (Wildman–Crippen LogP) is 3.78. The highest BCUT2D eigenvalue weighted by atomic mass is 16.5. The molecular weight excluding hydrogens is 262 g/mol. The molecule has 0 aliphatic carbocycles. The molecule has 0 aromatic heterocycles. The number of aryl methyl sites for hydroxylation is 2. The van der Waals surface area contributed by atoms with Gasteiger partial charge in [-0.2, -0.15) is 0 Å². The monoisotopic (exact) mass is 285 g/mol. The normalized spacial score (nSPS) is 12.0. The molecule has 0 spiro atoms. The van der Waals surface area contributed by atoms with Crippen LogP contribution in [0.2, 0.25) is 0 Å². The van der Waals surface area contributed by atoms with Gasteiger partial charge in [0.05, 0.1) is 12.6 Å². The van der Waals surface area contributed by atoms with Crippen LogP contribution in [0.15, 0.2) is 42.5 Å². The summed E-state index contributed by atoms with van der Waals surface area (Å²) in [5.41, 5.74) is 9.82. The van der Waals surface area contributed by atoms with E-state index in [0.29, 0.717) is 13.2 Å². The van der Waals surface area contributed by atoms with Gasteiger partial charge in [0, 0.05) is 6.07 Å². The van der Waals surface area contributed by atoms with E-state index in [9.17, 15) is 0 Å². The Balaban J connectivity index is 1.98. The zero-order chi connectivity index (χ0) is 15.2. The summed E-state index contributed by atoms with van der Waals surface area (Å²) in [7, 11) is 0. The minimum Gasteiger partial charge on any atom is -0.494 e. The average molecular weight is 285 g/mol. The molecule has 0 saturated carbocycles. The van der Waals surface area contributed by atoms with Gasteiger partial charge < -0.3 is 15.2 Å². The quantitative estimate of drug-likeness (QED) is 0.878. The Bertz CT molecular complexity index is 596. The first-order valence-corrected chi connectivity index (χ1v) is 7.28. The average Bonchev–Trinajstić information content (AvgIpc) is 2.48. The Labute approximate surface area is 126 Å². The van der Waals surface area contributed by atoms with Crippen LogP contribution in [0, 0.1) is 13.8 Å². The molecule has 0 bridgehead atoms. The van der Waals surface area contributed by atoms with Gasteiger partial charge >= 0.3 is 0 Å². The fourth-order valence-corrected chi connectivity index (χ4v) is 2.10. The first kappa shape index (κ1) is 15.4. The highest BCUT2D eigenvalue weighted by molar-refractivity contribution is 5.34. The largest absolute Gasteiger partial charge is 0.494 e. The summed E-state index contributed by atoms with van der Waals surface area (Å²) in [6.45, 7) is 7.24. The summed E-state index contributed by atoms with van der Waals surface area (Å²) in [6.07, 6.45) is 0. The first-order chi connectivity index (χ1) is 10.1. The Morgan fingerprint density at radius 1 is 0.952 bits per heavy atom. The zero-order valence-electron chi connectivity index (χ0n) is 12.9. The maximum atomic E-state index is 6.20. The third kappa shape index (κ3) is 4.23. The molecule has 2 aromatic carbocycles. The van der Waals surface area contributed by atoms with Gasteiger partial charge in [-0.05, 0) is 49.6 Å². The topological polar surface area (TPSA) is 44.5 Å². The molecule has 0 aliphatic heterocycles. The Morgan fingerprint density at radius 2 is 1.67 bits per heavy atom. The van der Waals surface area contributed by atoms with Crippen molar-refractivity contribution in [2.24, 2.45) is 5.73 Å². The molecule has 0 radical (unpaired) electrons. The smallest absolute Gasteiger partial charge is 0.123 e. The number of hydrogen-bond acceptors (Lipinski definition) is 3. The number of rotatable bonds is 6. The van der Waals surface area contributed by atoms with Gasteiger partial charge in [0.2, 0.25) is 0 Å². The van der Waals surface area contributed by atoms with Gasteiger partial charge in [-0.15, -0.1) is 0 Å². The van der Waals surface area contributed by atoms with Crippen molar-refractivity contribution < 1.29 is 9.47 Å². The molecule has 112 valence electrons. The predicted molar refractivity (Wildman–Crippen MR) is 86.0 cm³/mol. The van der Waals surface area contributed by atoms with Gasteiger partial charge in [-0.1, -0.05) is 24.3 Å². The lowest BCUT2D eigenvalue weighted by atomic mass is 10.0. The fraction of sp³-hybridized carbons (Fsp3) is 0.333. The maximum Gasteiger partial charge on any atom is 0.123 e. The van der Waals surface area contributed by atoms with Crippen molar-refractivity contribution in [1.29, 1.82) is 0 Å². The van der Waals surface area contributed by atoms with Crippen LogP contribution in [0.3, 0.4) is 0 Å². The standard InChI is InChI=1S/C18H23NO2/c1-4-20-16-6-5-7-17(11-16)21-12-18(19)15-9-8-13(2)14(3)10-15/h5-11,18H,4,12,19H2,1-3H3. The number of nitrogens with two attached hydrogens (primary N) is 1. The van der Waals surface area contributed by atoms with E-state index in [0.717, 1.165) is 17.1 Å². The lowest BCUT2D eigenvalue weighted by Gasteiger charge is -2.15. The summed E-state index contributed by atoms with van der Waals surface area (Å²) < 4.78 is 11.2. The highest BCUT2D eigenvalue weighted by Gasteiger charge is 2.08. The van der Waals surface area contributed by atoms with Gasteiger partial charge in [-0.25, -0.2) is 0 Å². The van der Waals surface area contributed by atoms with Crippen LogP contribution in [-0.2, 0) is 0 Å². The fourth-order valence-electron chi connectivity index (χ4n) is 2.10. The van der Waals surface area contributed by atoms with Crippen LogP contribution in [0.5, 0.6) is 11.5 Å². The molecule has 3 nitrogen and oxygen atoms in total. The summed E-state index contributed by atoms with van der Waals surface area (Å²) in [6, 6.07) is 13.8. The van der Waals surface area contributed by atoms with Crippen LogP contribution < -0.4 is 15.2 Å². The molecule has 1 unspecified atom stereocenters. The van der Waals surface area contributed by atoms with Gasteiger partial charge in [-0.3, -0.25) is 0 Å². The van der Waals surface area contributed by atoms with Crippen LogP contribution in [-0.4, -0.2) is 13.2 Å². The van der Waals surface area contributed by atoms with E-state index < -0.39 is 0 Å². The van der Waals surface area contributed by atoms with Gasteiger partial charge in [0.1, 0.15) is 18.1 Å². The van der Waals surface area contributed by atoms with E-state index in [2.05, 4.69) is 32.0 Å². The Kier molecular flexibility index (Phi) is 5.23. The molecule has 21 heavy (non-hydrogen) atoms. The number of benzene rings is 2. The zero-order valence-corrected chi connectivity index (χ0v) is 12.9.